The number of para-hydroxylation sites is 1. The molecule has 0 unspecified atom stereocenters. The van der Waals surface area contributed by atoms with Gasteiger partial charge in [-0.3, -0.25) is 4.79 Å². The Bertz CT molecular complexity index is 857. The highest BCUT2D eigenvalue weighted by atomic mass is 32.2. The van der Waals surface area contributed by atoms with Gasteiger partial charge >= 0.3 is 0 Å². The predicted molar refractivity (Wildman–Crippen MR) is 87.1 cm³/mol. The molecule has 1 N–H and O–H groups in total. The van der Waals surface area contributed by atoms with Gasteiger partial charge in [0.2, 0.25) is 0 Å². The van der Waals surface area contributed by atoms with E-state index in [1.54, 1.807) is 36.9 Å². The summed E-state index contributed by atoms with van der Waals surface area (Å²) in [6.45, 7) is 1.75. The monoisotopic (exact) mass is 315 g/mol. The molecule has 0 bridgehead atoms. The van der Waals surface area contributed by atoms with Gasteiger partial charge in [0.25, 0.3) is 5.91 Å². The van der Waals surface area contributed by atoms with Gasteiger partial charge in [0.05, 0.1) is 0 Å². The first-order chi connectivity index (χ1) is 10.6. The zero-order chi connectivity index (χ0) is 15.7. The van der Waals surface area contributed by atoms with Crippen LogP contribution in [0.1, 0.15) is 16.1 Å². The standard InChI is InChI=1S/C17H14FNO2S/c1-10-13-7-4-8-14(18)16(13)21-15(10)17(20)19-11-5-3-6-12(9-11)22-2/h3-9H,1-2H3,(H,19,20). The van der Waals surface area contributed by atoms with E-state index in [1.165, 1.54) is 6.07 Å². The van der Waals surface area contributed by atoms with Crippen LogP contribution in [0.3, 0.4) is 0 Å². The van der Waals surface area contributed by atoms with Crippen LogP contribution in [0.2, 0.25) is 0 Å². The lowest BCUT2D eigenvalue weighted by Crippen LogP contribution is -2.12. The summed E-state index contributed by atoms with van der Waals surface area (Å²) < 4.78 is 19.2. The van der Waals surface area contributed by atoms with Crippen molar-refractivity contribution in [3.8, 4) is 0 Å². The van der Waals surface area contributed by atoms with Crippen molar-refractivity contribution in [2.75, 3.05) is 11.6 Å². The van der Waals surface area contributed by atoms with Crippen LogP contribution in [0.4, 0.5) is 10.1 Å². The number of hydrogen-bond donors (Lipinski definition) is 1. The number of nitrogens with one attached hydrogen (secondary N) is 1. The van der Waals surface area contributed by atoms with E-state index in [0.717, 1.165) is 4.90 Å². The molecular formula is C17H14FNO2S. The Morgan fingerprint density at radius 2 is 2.00 bits per heavy atom. The second-order valence-corrected chi connectivity index (χ2v) is 5.74. The van der Waals surface area contributed by atoms with Gasteiger partial charge < -0.3 is 9.73 Å². The fraction of sp³-hybridized carbons (Fsp3) is 0.118. The number of fused-ring (bicyclic) bond motifs is 1. The number of hydrogen-bond acceptors (Lipinski definition) is 3. The van der Waals surface area contributed by atoms with Crippen molar-refractivity contribution in [1.29, 1.82) is 0 Å². The van der Waals surface area contributed by atoms with Crippen molar-refractivity contribution in [2.45, 2.75) is 11.8 Å². The van der Waals surface area contributed by atoms with E-state index in [1.807, 2.05) is 24.5 Å². The van der Waals surface area contributed by atoms with Gasteiger partial charge in [-0.1, -0.05) is 18.2 Å². The number of carbonyl (C=O) groups is 1. The second kappa shape index (κ2) is 5.85. The fourth-order valence-corrected chi connectivity index (χ4v) is 2.77. The molecule has 1 amide bonds. The average Bonchev–Trinajstić information content (AvgIpc) is 2.86. The van der Waals surface area contributed by atoms with Crippen LogP contribution < -0.4 is 5.32 Å². The van der Waals surface area contributed by atoms with Crippen LogP contribution in [0.25, 0.3) is 11.0 Å². The minimum absolute atomic E-state index is 0.114. The maximum atomic E-state index is 13.7. The molecule has 0 aliphatic heterocycles. The van der Waals surface area contributed by atoms with Crippen LogP contribution in [0.5, 0.6) is 0 Å². The number of halogens is 1. The smallest absolute Gasteiger partial charge is 0.291 e. The first-order valence-electron chi connectivity index (χ1n) is 6.73. The topological polar surface area (TPSA) is 42.2 Å². The molecule has 0 radical (unpaired) electrons. The van der Waals surface area contributed by atoms with Crippen LogP contribution in [-0.2, 0) is 0 Å². The summed E-state index contributed by atoms with van der Waals surface area (Å²) in [5, 5.41) is 3.40. The van der Waals surface area contributed by atoms with Crippen LogP contribution >= 0.6 is 11.8 Å². The predicted octanol–water partition coefficient (Wildman–Crippen LogP) is 4.85. The van der Waals surface area contributed by atoms with E-state index in [2.05, 4.69) is 5.32 Å². The van der Waals surface area contributed by atoms with Gasteiger partial charge in [0.1, 0.15) is 0 Å². The molecule has 0 fully saturated rings. The summed E-state index contributed by atoms with van der Waals surface area (Å²) in [6, 6.07) is 12.2. The molecule has 5 heteroatoms. The highest BCUT2D eigenvalue weighted by Gasteiger charge is 2.19. The fourth-order valence-electron chi connectivity index (χ4n) is 2.31. The zero-order valence-corrected chi connectivity index (χ0v) is 13.0. The number of amides is 1. The van der Waals surface area contributed by atoms with E-state index in [-0.39, 0.29) is 17.3 Å². The number of thioether (sulfide) groups is 1. The molecule has 0 aliphatic rings. The van der Waals surface area contributed by atoms with E-state index in [9.17, 15) is 9.18 Å². The largest absolute Gasteiger partial charge is 0.448 e. The van der Waals surface area contributed by atoms with E-state index < -0.39 is 5.82 Å². The minimum Gasteiger partial charge on any atom is -0.448 e. The van der Waals surface area contributed by atoms with Crippen molar-refractivity contribution in [2.24, 2.45) is 0 Å². The van der Waals surface area contributed by atoms with Crippen molar-refractivity contribution in [1.82, 2.24) is 0 Å². The molecule has 2 aromatic carbocycles. The number of anilines is 1. The second-order valence-electron chi connectivity index (χ2n) is 4.86. The molecule has 0 atom stereocenters. The summed E-state index contributed by atoms with van der Waals surface area (Å²) in [4.78, 5) is 13.4. The van der Waals surface area contributed by atoms with Crippen molar-refractivity contribution < 1.29 is 13.6 Å². The SMILES string of the molecule is CSc1cccc(NC(=O)c2oc3c(F)cccc3c2C)c1. The van der Waals surface area contributed by atoms with E-state index in [4.69, 9.17) is 4.42 Å². The quantitative estimate of drug-likeness (QED) is 0.702. The number of furan rings is 1. The minimum atomic E-state index is -0.468. The number of benzene rings is 2. The summed E-state index contributed by atoms with van der Waals surface area (Å²) in [6.07, 6.45) is 1.97. The molecule has 0 spiro atoms. The average molecular weight is 315 g/mol. The third kappa shape index (κ3) is 2.60. The first-order valence-corrected chi connectivity index (χ1v) is 7.95. The lowest BCUT2D eigenvalue weighted by atomic mass is 10.1. The Labute approximate surface area is 131 Å². The summed E-state index contributed by atoms with van der Waals surface area (Å²) in [5.74, 6) is -0.718. The number of aryl methyl sites for hydroxylation is 1. The molecule has 22 heavy (non-hydrogen) atoms. The van der Waals surface area contributed by atoms with Gasteiger partial charge in [0.15, 0.2) is 17.2 Å². The van der Waals surface area contributed by atoms with Gasteiger partial charge in [-0.2, -0.15) is 0 Å². The van der Waals surface area contributed by atoms with E-state index in [0.29, 0.717) is 16.6 Å². The molecule has 3 rings (SSSR count). The highest BCUT2D eigenvalue weighted by molar-refractivity contribution is 7.98. The normalized spacial score (nSPS) is 10.9. The molecule has 0 saturated carbocycles. The Morgan fingerprint density at radius 3 is 2.73 bits per heavy atom. The van der Waals surface area contributed by atoms with E-state index >= 15 is 0 Å². The Hall–Kier alpha value is -2.27. The summed E-state index contributed by atoms with van der Waals surface area (Å²) >= 11 is 1.59. The van der Waals surface area contributed by atoms with Crippen molar-refractivity contribution >= 4 is 34.3 Å². The summed E-state index contributed by atoms with van der Waals surface area (Å²) in [5.41, 5.74) is 1.42. The van der Waals surface area contributed by atoms with Gasteiger partial charge in [-0.25, -0.2) is 4.39 Å². The maximum absolute atomic E-state index is 13.7. The maximum Gasteiger partial charge on any atom is 0.291 e. The summed E-state index contributed by atoms with van der Waals surface area (Å²) in [7, 11) is 0. The molecule has 3 aromatic rings. The zero-order valence-electron chi connectivity index (χ0n) is 12.1. The molecule has 112 valence electrons. The van der Waals surface area contributed by atoms with Crippen molar-refractivity contribution in [3.63, 3.8) is 0 Å². The highest BCUT2D eigenvalue weighted by Crippen LogP contribution is 2.28. The molecule has 3 nitrogen and oxygen atoms in total. The molecule has 0 saturated heterocycles. The van der Waals surface area contributed by atoms with Gasteiger partial charge in [0, 0.05) is 21.5 Å². The third-order valence-electron chi connectivity index (χ3n) is 3.45. The lowest BCUT2D eigenvalue weighted by Gasteiger charge is -2.05. The van der Waals surface area contributed by atoms with Crippen molar-refractivity contribution in [3.05, 3.63) is 59.6 Å². The lowest BCUT2D eigenvalue weighted by molar-refractivity contribution is 0.0997. The molecule has 1 aromatic heterocycles. The van der Waals surface area contributed by atoms with Crippen LogP contribution in [0.15, 0.2) is 51.8 Å². The Kier molecular flexibility index (Phi) is 3.90. The number of carbonyl (C=O) groups excluding carboxylic acids is 1. The molecule has 1 heterocycles. The first kappa shape index (κ1) is 14.7. The van der Waals surface area contributed by atoms with Crippen LogP contribution in [0, 0.1) is 12.7 Å². The molecule has 0 aliphatic carbocycles. The van der Waals surface area contributed by atoms with Gasteiger partial charge in [-0.05, 0) is 37.4 Å². The third-order valence-corrected chi connectivity index (χ3v) is 4.17. The van der Waals surface area contributed by atoms with Gasteiger partial charge in [-0.15, -0.1) is 11.8 Å². The Balaban J connectivity index is 1.95. The number of rotatable bonds is 3. The van der Waals surface area contributed by atoms with Crippen LogP contribution in [-0.4, -0.2) is 12.2 Å². The molecular weight excluding hydrogens is 301 g/mol. The Morgan fingerprint density at radius 1 is 1.23 bits per heavy atom.